The summed E-state index contributed by atoms with van der Waals surface area (Å²) in [6.07, 6.45) is 0.843. The number of alkyl halides is 1. The summed E-state index contributed by atoms with van der Waals surface area (Å²) >= 11 is 0. The van der Waals surface area contributed by atoms with Gasteiger partial charge in [-0.25, -0.2) is 8.78 Å². The van der Waals surface area contributed by atoms with Crippen molar-refractivity contribution in [1.29, 1.82) is 0 Å². The topological polar surface area (TPSA) is 114 Å². The van der Waals surface area contributed by atoms with E-state index < -0.39 is 23.3 Å². The van der Waals surface area contributed by atoms with E-state index in [9.17, 15) is 18.7 Å². The van der Waals surface area contributed by atoms with Crippen molar-refractivity contribution in [1.82, 2.24) is 15.2 Å². The minimum atomic E-state index is -0.998. The van der Waals surface area contributed by atoms with E-state index in [1.54, 1.807) is 12.1 Å². The monoisotopic (exact) mass is 411 g/mol. The standard InChI is InChI=1S/C21H19F2N5O2/c22-13-9-21(10-13,19-15(23)2-1-7-25-19)11-26-18-6-4-16(27-28-18)14-8-12(20(24)30)3-5-17(14)29/h1-8,13,29H,9-11H2,(H2,24,30)(H,26,28)/t13-,21-. The van der Waals surface area contributed by atoms with Crippen molar-refractivity contribution in [3.8, 4) is 17.0 Å². The number of aromatic nitrogens is 3. The highest BCUT2D eigenvalue weighted by Crippen LogP contribution is 2.45. The lowest BCUT2D eigenvalue weighted by Crippen LogP contribution is -2.49. The van der Waals surface area contributed by atoms with Crippen molar-refractivity contribution in [3.05, 3.63) is 65.7 Å². The maximum atomic E-state index is 14.2. The fourth-order valence-corrected chi connectivity index (χ4v) is 3.71. The van der Waals surface area contributed by atoms with Crippen molar-refractivity contribution < 1.29 is 18.7 Å². The number of aromatic hydroxyl groups is 1. The van der Waals surface area contributed by atoms with E-state index in [0.717, 1.165) is 0 Å². The summed E-state index contributed by atoms with van der Waals surface area (Å²) in [5.74, 6) is -0.746. The van der Waals surface area contributed by atoms with Crippen molar-refractivity contribution in [3.63, 3.8) is 0 Å². The predicted molar refractivity (Wildman–Crippen MR) is 106 cm³/mol. The molecule has 0 unspecified atom stereocenters. The first-order valence-corrected chi connectivity index (χ1v) is 9.34. The molecule has 1 fully saturated rings. The van der Waals surface area contributed by atoms with Gasteiger partial charge in [0.05, 0.1) is 11.4 Å². The third kappa shape index (κ3) is 3.66. The number of phenols is 1. The number of rotatable bonds is 6. The normalized spacial score (nSPS) is 20.4. The van der Waals surface area contributed by atoms with Gasteiger partial charge in [-0.1, -0.05) is 0 Å². The molecule has 4 N–H and O–H groups in total. The number of amides is 1. The Morgan fingerprint density at radius 3 is 2.67 bits per heavy atom. The molecule has 2 aromatic heterocycles. The number of halogens is 2. The maximum absolute atomic E-state index is 14.2. The molecule has 0 bridgehead atoms. The van der Waals surface area contributed by atoms with E-state index in [2.05, 4.69) is 20.5 Å². The molecule has 1 aliphatic carbocycles. The van der Waals surface area contributed by atoms with Crippen molar-refractivity contribution >= 4 is 11.7 Å². The van der Waals surface area contributed by atoms with Gasteiger partial charge >= 0.3 is 0 Å². The average Bonchev–Trinajstić information content (AvgIpc) is 2.71. The van der Waals surface area contributed by atoms with Gasteiger partial charge in [0.2, 0.25) is 5.91 Å². The summed E-state index contributed by atoms with van der Waals surface area (Å²) in [5, 5.41) is 21.3. The van der Waals surface area contributed by atoms with E-state index in [-0.39, 0.29) is 36.4 Å². The third-order valence-corrected chi connectivity index (χ3v) is 5.31. The lowest BCUT2D eigenvalue weighted by atomic mass is 9.65. The third-order valence-electron chi connectivity index (χ3n) is 5.31. The number of nitrogens with zero attached hydrogens (tertiary/aromatic N) is 3. The van der Waals surface area contributed by atoms with Crippen LogP contribution in [0.5, 0.6) is 5.75 Å². The van der Waals surface area contributed by atoms with Crippen LogP contribution in [-0.2, 0) is 5.41 Å². The second kappa shape index (κ2) is 7.66. The van der Waals surface area contributed by atoms with Crippen LogP contribution in [0.25, 0.3) is 11.3 Å². The molecule has 0 spiro atoms. The van der Waals surface area contributed by atoms with Crippen LogP contribution >= 0.6 is 0 Å². The molecule has 1 aromatic carbocycles. The lowest BCUT2D eigenvalue weighted by Gasteiger charge is -2.44. The fraction of sp³-hybridized carbons (Fsp3) is 0.238. The SMILES string of the molecule is NC(=O)c1ccc(O)c(-c2ccc(NC[C@]3(c4ncccc4F)C[C@H](F)C3)nn2)c1. The van der Waals surface area contributed by atoms with Crippen molar-refractivity contribution in [2.75, 3.05) is 11.9 Å². The Balaban J connectivity index is 1.52. The van der Waals surface area contributed by atoms with Gasteiger partial charge < -0.3 is 16.2 Å². The number of hydrogen-bond acceptors (Lipinski definition) is 6. The summed E-state index contributed by atoms with van der Waals surface area (Å²) in [6, 6.07) is 10.3. The Labute approximate surface area is 171 Å². The molecule has 154 valence electrons. The van der Waals surface area contributed by atoms with Crippen LogP contribution in [0.15, 0.2) is 48.7 Å². The molecule has 9 heteroatoms. The molecular formula is C21H19F2N5O2. The molecule has 30 heavy (non-hydrogen) atoms. The van der Waals surface area contributed by atoms with Gasteiger partial charge in [-0.2, -0.15) is 0 Å². The second-order valence-corrected chi connectivity index (χ2v) is 7.37. The number of pyridine rings is 1. The zero-order chi connectivity index (χ0) is 21.3. The predicted octanol–water partition coefficient (Wildman–Crippen LogP) is 2.96. The number of carbonyl (C=O) groups is 1. The Hall–Kier alpha value is -3.62. The molecule has 2 heterocycles. The summed E-state index contributed by atoms with van der Waals surface area (Å²) < 4.78 is 27.9. The number of primary amides is 1. The largest absolute Gasteiger partial charge is 0.507 e. The quantitative estimate of drug-likeness (QED) is 0.575. The van der Waals surface area contributed by atoms with Crippen molar-refractivity contribution in [2.45, 2.75) is 24.4 Å². The molecule has 0 aliphatic heterocycles. The maximum Gasteiger partial charge on any atom is 0.248 e. The highest BCUT2D eigenvalue weighted by atomic mass is 19.1. The van der Waals surface area contributed by atoms with Gasteiger partial charge in [0.25, 0.3) is 0 Å². The van der Waals surface area contributed by atoms with Crippen LogP contribution in [0.2, 0.25) is 0 Å². The Bertz CT molecular complexity index is 1090. The van der Waals surface area contributed by atoms with E-state index in [0.29, 0.717) is 17.1 Å². The van der Waals surface area contributed by atoms with Crippen LogP contribution < -0.4 is 11.1 Å². The van der Waals surface area contributed by atoms with E-state index in [1.165, 1.54) is 36.5 Å². The highest BCUT2D eigenvalue weighted by molar-refractivity contribution is 5.94. The molecule has 0 radical (unpaired) electrons. The Morgan fingerprint density at radius 1 is 1.23 bits per heavy atom. The number of nitrogens with one attached hydrogen (secondary N) is 1. The molecule has 0 saturated heterocycles. The number of phenolic OH excluding ortho intramolecular Hbond substituents is 1. The minimum absolute atomic E-state index is 0.0666. The smallest absolute Gasteiger partial charge is 0.248 e. The number of hydrogen-bond donors (Lipinski definition) is 3. The first-order valence-electron chi connectivity index (χ1n) is 9.34. The van der Waals surface area contributed by atoms with Crippen LogP contribution in [0.3, 0.4) is 0 Å². The van der Waals surface area contributed by atoms with E-state index in [1.807, 2.05) is 0 Å². The average molecular weight is 411 g/mol. The summed E-state index contributed by atoms with van der Waals surface area (Å²) in [6.45, 7) is 0.248. The molecule has 0 atom stereocenters. The number of carbonyl (C=O) groups excluding carboxylic acids is 1. The summed E-state index contributed by atoms with van der Waals surface area (Å²) in [5.41, 5.74) is 5.66. The zero-order valence-electron chi connectivity index (χ0n) is 15.8. The van der Waals surface area contributed by atoms with Crippen LogP contribution in [0, 0.1) is 5.82 Å². The van der Waals surface area contributed by atoms with E-state index >= 15 is 0 Å². The molecule has 3 aromatic rings. The zero-order valence-corrected chi connectivity index (χ0v) is 15.8. The van der Waals surface area contributed by atoms with Gasteiger partial charge in [0, 0.05) is 29.3 Å². The Kier molecular flexibility index (Phi) is 5.03. The summed E-state index contributed by atoms with van der Waals surface area (Å²) in [7, 11) is 0. The van der Waals surface area contributed by atoms with Gasteiger partial charge in [-0.15, -0.1) is 10.2 Å². The van der Waals surface area contributed by atoms with E-state index in [4.69, 9.17) is 5.73 Å². The molecule has 1 aliphatic rings. The van der Waals surface area contributed by atoms with Gasteiger partial charge in [-0.05, 0) is 55.3 Å². The first-order chi connectivity index (χ1) is 14.4. The minimum Gasteiger partial charge on any atom is -0.507 e. The number of nitrogens with two attached hydrogens (primary N) is 1. The molecule has 4 rings (SSSR count). The van der Waals surface area contributed by atoms with Crippen LogP contribution in [0.1, 0.15) is 28.9 Å². The molecular weight excluding hydrogens is 392 g/mol. The highest BCUT2D eigenvalue weighted by Gasteiger charge is 2.48. The number of anilines is 1. The van der Waals surface area contributed by atoms with Crippen molar-refractivity contribution in [2.24, 2.45) is 5.73 Å². The molecule has 1 saturated carbocycles. The molecule has 7 nitrogen and oxygen atoms in total. The summed E-state index contributed by atoms with van der Waals surface area (Å²) in [4.78, 5) is 15.5. The number of benzene rings is 1. The lowest BCUT2D eigenvalue weighted by molar-refractivity contribution is 0.0963. The second-order valence-electron chi connectivity index (χ2n) is 7.37. The fourth-order valence-electron chi connectivity index (χ4n) is 3.71. The molecule has 1 amide bonds. The first kappa shape index (κ1) is 19.7. The van der Waals surface area contributed by atoms with Gasteiger partial charge in [0.15, 0.2) is 0 Å². The van der Waals surface area contributed by atoms with Crippen LogP contribution in [-0.4, -0.2) is 38.9 Å². The van der Waals surface area contributed by atoms with Crippen LogP contribution in [0.4, 0.5) is 14.6 Å². The Morgan fingerprint density at radius 2 is 2.03 bits per heavy atom. The van der Waals surface area contributed by atoms with Gasteiger partial charge in [0.1, 0.15) is 23.6 Å². The van der Waals surface area contributed by atoms with Gasteiger partial charge in [-0.3, -0.25) is 9.78 Å².